The Kier molecular flexibility index (Phi) is 5.27. The van der Waals surface area contributed by atoms with E-state index >= 15 is 0 Å². The average molecular weight is 301 g/mol. The molecule has 1 heterocycles. The number of ether oxygens (including phenoxy) is 1. The zero-order valence-electron chi connectivity index (χ0n) is 11.9. The zero-order valence-corrected chi connectivity index (χ0v) is 12.7. The summed E-state index contributed by atoms with van der Waals surface area (Å²) in [6.45, 7) is 1.69. The number of halogens is 2. The molecule has 20 heavy (non-hydrogen) atoms. The molecule has 0 saturated carbocycles. The highest BCUT2D eigenvalue weighted by molar-refractivity contribution is 8.00. The lowest BCUT2D eigenvalue weighted by atomic mass is 10.0. The standard InChI is InChI=1S/C15H21F2NOS/c1-11-8-10-20-15(2,18-11)9-7-12-3-5-13(6-4-12)19-14(16)17/h3-6,11,14,18H,7-10H2,1-2H3. The molecule has 2 unspecified atom stereocenters. The van der Waals surface area contributed by atoms with Gasteiger partial charge in [-0.25, -0.2) is 0 Å². The summed E-state index contributed by atoms with van der Waals surface area (Å²) in [5.74, 6) is 1.40. The summed E-state index contributed by atoms with van der Waals surface area (Å²) in [5, 5.41) is 3.64. The first-order valence-corrected chi connectivity index (χ1v) is 7.91. The van der Waals surface area contributed by atoms with Gasteiger partial charge in [-0.1, -0.05) is 12.1 Å². The Bertz CT molecular complexity index is 426. The van der Waals surface area contributed by atoms with Gasteiger partial charge in [0.15, 0.2) is 0 Å². The molecular formula is C15H21F2NOS. The summed E-state index contributed by atoms with van der Waals surface area (Å²) in [6, 6.07) is 7.49. The second kappa shape index (κ2) is 6.76. The van der Waals surface area contributed by atoms with Gasteiger partial charge < -0.3 is 10.1 Å². The highest BCUT2D eigenvalue weighted by Crippen LogP contribution is 2.32. The first-order chi connectivity index (χ1) is 9.47. The lowest BCUT2D eigenvalue weighted by molar-refractivity contribution is -0.0498. The van der Waals surface area contributed by atoms with E-state index in [1.807, 2.05) is 23.9 Å². The van der Waals surface area contributed by atoms with Gasteiger partial charge in [-0.05, 0) is 56.6 Å². The molecular weight excluding hydrogens is 280 g/mol. The summed E-state index contributed by atoms with van der Waals surface area (Å²) in [6.07, 6.45) is 3.16. The largest absolute Gasteiger partial charge is 0.435 e. The predicted molar refractivity (Wildman–Crippen MR) is 79.5 cm³/mol. The van der Waals surface area contributed by atoms with Gasteiger partial charge >= 0.3 is 6.61 Å². The Morgan fingerprint density at radius 1 is 1.40 bits per heavy atom. The van der Waals surface area contributed by atoms with Crippen molar-refractivity contribution in [1.82, 2.24) is 5.32 Å². The van der Waals surface area contributed by atoms with Crippen molar-refractivity contribution >= 4 is 11.8 Å². The van der Waals surface area contributed by atoms with E-state index in [2.05, 4.69) is 23.9 Å². The van der Waals surface area contributed by atoms with Crippen molar-refractivity contribution in [2.45, 2.75) is 50.6 Å². The fraction of sp³-hybridized carbons (Fsp3) is 0.600. The smallest absolute Gasteiger partial charge is 0.387 e. The van der Waals surface area contributed by atoms with Gasteiger partial charge in [0.05, 0.1) is 4.87 Å². The van der Waals surface area contributed by atoms with Gasteiger partial charge in [-0.15, -0.1) is 11.8 Å². The normalized spacial score (nSPS) is 26.8. The molecule has 1 fully saturated rings. The molecule has 0 aromatic heterocycles. The number of rotatable bonds is 5. The average Bonchev–Trinajstić information content (AvgIpc) is 2.37. The molecule has 1 aliphatic rings. The van der Waals surface area contributed by atoms with Crippen LogP contribution in [0.1, 0.15) is 32.3 Å². The maximum atomic E-state index is 12.1. The molecule has 5 heteroatoms. The van der Waals surface area contributed by atoms with Crippen LogP contribution in [-0.2, 0) is 6.42 Å². The van der Waals surface area contributed by atoms with Gasteiger partial charge in [-0.3, -0.25) is 0 Å². The van der Waals surface area contributed by atoms with Crippen LogP contribution in [0.3, 0.4) is 0 Å². The number of nitrogens with one attached hydrogen (secondary N) is 1. The number of aryl methyl sites for hydroxylation is 1. The van der Waals surface area contributed by atoms with E-state index in [-0.39, 0.29) is 10.6 Å². The lowest BCUT2D eigenvalue weighted by Gasteiger charge is -2.38. The van der Waals surface area contributed by atoms with Crippen molar-refractivity contribution in [2.75, 3.05) is 5.75 Å². The van der Waals surface area contributed by atoms with Crippen molar-refractivity contribution < 1.29 is 13.5 Å². The Labute approximate surface area is 123 Å². The monoisotopic (exact) mass is 301 g/mol. The summed E-state index contributed by atoms with van der Waals surface area (Å²) in [7, 11) is 0. The topological polar surface area (TPSA) is 21.3 Å². The molecule has 0 spiro atoms. The molecule has 1 N–H and O–H groups in total. The van der Waals surface area contributed by atoms with E-state index in [0.717, 1.165) is 18.4 Å². The minimum atomic E-state index is -2.76. The van der Waals surface area contributed by atoms with Crippen LogP contribution < -0.4 is 10.1 Å². The van der Waals surface area contributed by atoms with Crippen LogP contribution in [0.2, 0.25) is 0 Å². The number of hydrogen-bond donors (Lipinski definition) is 1. The third kappa shape index (κ3) is 4.63. The van der Waals surface area contributed by atoms with Crippen molar-refractivity contribution in [3.8, 4) is 5.75 Å². The van der Waals surface area contributed by atoms with Gasteiger partial charge in [-0.2, -0.15) is 8.78 Å². The molecule has 1 aromatic rings. The summed E-state index contributed by atoms with van der Waals surface area (Å²) < 4.78 is 28.5. The first-order valence-electron chi connectivity index (χ1n) is 6.92. The predicted octanol–water partition coefficient (Wildman–Crippen LogP) is 4.05. The quantitative estimate of drug-likeness (QED) is 0.886. The molecule has 112 valence electrons. The minimum absolute atomic E-state index is 0.107. The van der Waals surface area contributed by atoms with E-state index in [1.165, 1.54) is 12.2 Å². The van der Waals surface area contributed by atoms with Crippen LogP contribution in [-0.4, -0.2) is 23.3 Å². The highest BCUT2D eigenvalue weighted by Gasteiger charge is 2.29. The van der Waals surface area contributed by atoms with Crippen LogP contribution in [0, 0.1) is 0 Å². The minimum Gasteiger partial charge on any atom is -0.435 e. The van der Waals surface area contributed by atoms with Crippen LogP contribution in [0.4, 0.5) is 8.78 Å². The van der Waals surface area contributed by atoms with Crippen LogP contribution in [0.5, 0.6) is 5.75 Å². The highest BCUT2D eigenvalue weighted by atomic mass is 32.2. The molecule has 1 aromatic carbocycles. The van der Waals surface area contributed by atoms with Crippen LogP contribution in [0.15, 0.2) is 24.3 Å². The summed E-state index contributed by atoms with van der Waals surface area (Å²) in [5.41, 5.74) is 1.15. The molecule has 0 aliphatic carbocycles. The molecule has 0 radical (unpaired) electrons. The lowest BCUT2D eigenvalue weighted by Crippen LogP contribution is -2.48. The van der Waals surface area contributed by atoms with Gasteiger partial charge in [0.2, 0.25) is 0 Å². The second-order valence-electron chi connectivity index (χ2n) is 5.44. The van der Waals surface area contributed by atoms with Crippen LogP contribution >= 0.6 is 11.8 Å². The van der Waals surface area contributed by atoms with E-state index in [9.17, 15) is 8.78 Å². The molecule has 1 saturated heterocycles. The third-order valence-corrected chi connectivity index (χ3v) is 4.96. The molecule has 1 aliphatic heterocycles. The fourth-order valence-electron chi connectivity index (χ4n) is 2.46. The molecule has 0 bridgehead atoms. The zero-order chi connectivity index (χ0) is 14.6. The summed E-state index contributed by atoms with van der Waals surface area (Å²) in [4.78, 5) is 0.107. The molecule has 0 amide bonds. The van der Waals surface area contributed by atoms with E-state index in [4.69, 9.17) is 0 Å². The Morgan fingerprint density at radius 3 is 2.70 bits per heavy atom. The van der Waals surface area contributed by atoms with E-state index in [1.54, 1.807) is 12.1 Å². The van der Waals surface area contributed by atoms with Crippen molar-refractivity contribution in [1.29, 1.82) is 0 Å². The third-order valence-electron chi connectivity index (χ3n) is 3.56. The molecule has 2 nitrogen and oxygen atoms in total. The number of benzene rings is 1. The van der Waals surface area contributed by atoms with Crippen molar-refractivity contribution in [3.63, 3.8) is 0 Å². The Hall–Kier alpha value is -0.810. The van der Waals surface area contributed by atoms with Gasteiger partial charge in [0.1, 0.15) is 5.75 Å². The first kappa shape index (κ1) is 15.6. The van der Waals surface area contributed by atoms with Gasteiger partial charge in [0.25, 0.3) is 0 Å². The van der Waals surface area contributed by atoms with Crippen molar-refractivity contribution in [3.05, 3.63) is 29.8 Å². The van der Waals surface area contributed by atoms with E-state index in [0.29, 0.717) is 6.04 Å². The summed E-state index contributed by atoms with van der Waals surface area (Å²) >= 11 is 1.97. The Balaban J connectivity index is 1.87. The van der Waals surface area contributed by atoms with Gasteiger partial charge in [0, 0.05) is 6.04 Å². The van der Waals surface area contributed by atoms with E-state index < -0.39 is 6.61 Å². The SMILES string of the molecule is CC1CCSC(C)(CCc2ccc(OC(F)F)cc2)N1. The maximum absolute atomic E-state index is 12.1. The maximum Gasteiger partial charge on any atom is 0.387 e. The molecule has 2 atom stereocenters. The number of thioether (sulfide) groups is 1. The molecule has 2 rings (SSSR count). The Morgan fingerprint density at radius 2 is 2.10 bits per heavy atom. The van der Waals surface area contributed by atoms with Crippen molar-refractivity contribution in [2.24, 2.45) is 0 Å². The number of alkyl halides is 2. The van der Waals surface area contributed by atoms with Crippen LogP contribution in [0.25, 0.3) is 0 Å². The fourth-order valence-corrected chi connectivity index (χ4v) is 3.91. The second-order valence-corrected chi connectivity index (χ2v) is 7.03. The number of hydrogen-bond acceptors (Lipinski definition) is 3.